The Hall–Kier alpha value is -7.21. The van der Waals surface area contributed by atoms with Gasteiger partial charge in [0.05, 0.1) is 19.6 Å². The Kier molecular flexibility index (Phi) is 26.6. The number of hydrogen-bond donors (Lipinski definition) is 17. The molecule has 368 valence electrons. The number of carboxylic acids is 4. The predicted molar refractivity (Wildman–Crippen MR) is 221 cm³/mol. The van der Waals surface area contributed by atoms with Crippen LogP contribution in [0.25, 0.3) is 0 Å². The molecule has 0 radical (unpaired) electrons. The molecule has 0 aliphatic rings. The summed E-state index contributed by atoms with van der Waals surface area (Å²) >= 11 is 0. The van der Waals surface area contributed by atoms with Crippen LogP contribution in [0.15, 0.2) is 92.4 Å². The number of hydrogen-bond acceptors (Lipinski definition) is 19. The molecular formula is C33H41N3O26S4. The topological polar surface area (TPSA) is 564 Å². The van der Waals surface area contributed by atoms with Crippen LogP contribution < -0.4 is 11.5 Å². The number of nitrogens with two attached hydrogens (primary N) is 2. The van der Waals surface area contributed by atoms with E-state index in [1.54, 1.807) is 13.8 Å². The van der Waals surface area contributed by atoms with Crippen molar-refractivity contribution in [3.05, 3.63) is 95.1 Å². The van der Waals surface area contributed by atoms with Gasteiger partial charge in [0, 0.05) is 13.2 Å². The van der Waals surface area contributed by atoms with Gasteiger partial charge in [-0.1, -0.05) is 0 Å². The SMILES string of the molecule is CCO.CCO.N=C(N)N.O=C(O)c1cc(S(=O)(=O)O)ccc1O.O=C(O)c1cc(S(=O)(=O)O)ccc1O.O=C(O)c1cc(S(=O)(=O)O)ccc1O.O=C(O)c1cc(S(=O)(=O)O)ccc1O. The molecule has 0 aliphatic carbocycles. The zero-order valence-corrected chi connectivity index (χ0v) is 36.6. The number of aliphatic hydroxyl groups is 2. The fraction of sp³-hybridized carbons (Fsp3) is 0.121. The Labute approximate surface area is 372 Å². The van der Waals surface area contributed by atoms with E-state index < -0.39 is 129 Å². The lowest BCUT2D eigenvalue weighted by Crippen LogP contribution is -2.20. The van der Waals surface area contributed by atoms with Crippen molar-refractivity contribution in [3.8, 4) is 23.0 Å². The second-order valence-electron chi connectivity index (χ2n) is 10.9. The van der Waals surface area contributed by atoms with Crippen LogP contribution in [0.3, 0.4) is 0 Å². The van der Waals surface area contributed by atoms with E-state index in [4.69, 9.17) is 74.7 Å². The van der Waals surface area contributed by atoms with E-state index in [1.165, 1.54) is 0 Å². The van der Waals surface area contributed by atoms with E-state index in [2.05, 4.69) is 11.5 Å². The Morgan fingerprint density at radius 1 is 0.424 bits per heavy atom. The normalized spacial score (nSPS) is 10.4. The first-order chi connectivity index (χ1) is 29.8. The van der Waals surface area contributed by atoms with Crippen molar-refractivity contribution in [2.45, 2.75) is 33.4 Å². The number of benzene rings is 4. The molecule has 33 heteroatoms. The van der Waals surface area contributed by atoms with Crippen LogP contribution in [0.4, 0.5) is 0 Å². The number of carbonyl (C=O) groups is 4. The number of rotatable bonds is 8. The van der Waals surface area contributed by atoms with Gasteiger partial charge in [-0.25, -0.2) is 19.2 Å². The molecular weight excluding hydrogens is 983 g/mol. The summed E-state index contributed by atoms with van der Waals surface area (Å²) in [5.74, 6) is -8.51. The molecule has 29 nitrogen and oxygen atoms in total. The third kappa shape index (κ3) is 24.6. The van der Waals surface area contributed by atoms with Crippen LogP contribution in [-0.2, 0) is 40.5 Å². The average molecular weight is 1020 g/mol. The minimum Gasteiger partial charge on any atom is -0.507 e. The molecule has 0 unspecified atom stereocenters. The first-order valence-corrected chi connectivity index (χ1v) is 22.1. The summed E-state index contributed by atoms with van der Waals surface area (Å²) in [7, 11) is -17.8. The standard InChI is InChI=1S/4C7H6O6S.2C2H6O.CH5N3/c4*8-6-2-1-4(14(11,12)13)3-5(6)7(9)10;2*1-2-3;2-1(3)4/h4*1-3,8H,(H,9,10)(H,11,12,13);2*3H,2H2,1H3;(H5,2,3,4). The summed E-state index contributed by atoms with van der Waals surface area (Å²) in [6.07, 6.45) is 0. The molecule has 4 aromatic carbocycles. The van der Waals surface area contributed by atoms with E-state index in [0.717, 1.165) is 48.5 Å². The van der Waals surface area contributed by atoms with Crippen molar-refractivity contribution in [1.29, 1.82) is 5.41 Å². The third-order valence-electron chi connectivity index (χ3n) is 5.99. The van der Waals surface area contributed by atoms with Gasteiger partial charge in [0.1, 0.15) is 45.3 Å². The minimum atomic E-state index is -4.45. The number of guanidine groups is 1. The van der Waals surface area contributed by atoms with E-state index >= 15 is 0 Å². The molecule has 0 aromatic heterocycles. The van der Waals surface area contributed by atoms with E-state index in [1.807, 2.05) is 0 Å². The monoisotopic (exact) mass is 1020 g/mol. The predicted octanol–water partition coefficient (Wildman–Crippen LogP) is 0.184. The van der Waals surface area contributed by atoms with E-state index in [9.17, 15) is 52.8 Å². The summed E-state index contributed by atoms with van der Waals surface area (Å²) < 4.78 is 119. The van der Waals surface area contributed by atoms with Gasteiger partial charge in [-0.15, -0.1) is 0 Å². The Morgan fingerprint density at radius 3 is 0.636 bits per heavy atom. The smallest absolute Gasteiger partial charge is 0.339 e. The summed E-state index contributed by atoms with van der Waals surface area (Å²) in [5, 5.41) is 91.3. The highest BCUT2D eigenvalue weighted by molar-refractivity contribution is 7.86. The number of aromatic carboxylic acids is 4. The fourth-order valence-electron chi connectivity index (χ4n) is 3.39. The maximum Gasteiger partial charge on any atom is 0.339 e. The van der Waals surface area contributed by atoms with Crippen molar-refractivity contribution < 1.29 is 122 Å². The molecule has 66 heavy (non-hydrogen) atoms. The molecule has 0 amide bonds. The van der Waals surface area contributed by atoms with Crippen LogP contribution in [0.2, 0.25) is 0 Å². The number of phenols is 4. The summed E-state index contributed by atoms with van der Waals surface area (Å²) in [5.41, 5.74) is 6.61. The van der Waals surface area contributed by atoms with Gasteiger partial charge < -0.3 is 62.5 Å². The average Bonchev–Trinajstić information content (AvgIpc) is 3.14. The van der Waals surface area contributed by atoms with Gasteiger partial charge in [0.25, 0.3) is 40.5 Å². The molecule has 4 rings (SSSR count). The van der Waals surface area contributed by atoms with Gasteiger partial charge in [-0.2, -0.15) is 33.7 Å². The van der Waals surface area contributed by atoms with Crippen molar-refractivity contribution in [3.63, 3.8) is 0 Å². The third-order valence-corrected chi connectivity index (χ3v) is 9.38. The first kappa shape index (κ1) is 63.1. The highest BCUT2D eigenvalue weighted by Gasteiger charge is 2.19. The van der Waals surface area contributed by atoms with E-state index in [0.29, 0.717) is 24.3 Å². The van der Waals surface area contributed by atoms with E-state index in [-0.39, 0.29) is 19.2 Å². The molecule has 0 bridgehead atoms. The zero-order chi connectivity index (χ0) is 52.7. The molecule has 0 saturated carbocycles. The number of aliphatic hydroxyl groups excluding tert-OH is 2. The van der Waals surface area contributed by atoms with Gasteiger partial charge in [-0.05, 0) is 86.6 Å². The summed E-state index contributed by atoms with van der Waals surface area (Å²) in [6, 6.07) is 9.82. The molecule has 4 aromatic rings. The summed E-state index contributed by atoms with van der Waals surface area (Å²) in [4.78, 5) is 39.6. The van der Waals surface area contributed by atoms with Crippen molar-refractivity contribution in [2.75, 3.05) is 13.2 Å². The van der Waals surface area contributed by atoms with Crippen LogP contribution in [0.5, 0.6) is 23.0 Å². The van der Waals surface area contributed by atoms with Gasteiger partial charge >= 0.3 is 23.9 Å². The lowest BCUT2D eigenvalue weighted by atomic mass is 10.2. The molecule has 0 fully saturated rings. The molecule has 0 saturated heterocycles. The Bertz CT molecular complexity index is 2420. The Morgan fingerprint density at radius 2 is 0.545 bits per heavy atom. The zero-order valence-electron chi connectivity index (χ0n) is 33.3. The quantitative estimate of drug-likeness (QED) is 0.0636. The number of nitrogens with one attached hydrogen (secondary N) is 1. The maximum atomic E-state index is 10.6. The molecule has 0 spiro atoms. The second kappa shape index (κ2) is 27.9. The van der Waals surface area contributed by atoms with Crippen LogP contribution in [-0.4, -0.2) is 146 Å². The molecule has 0 aliphatic heterocycles. The minimum absolute atomic E-state index is 0.250. The lowest BCUT2D eigenvalue weighted by molar-refractivity contribution is 0.0682. The van der Waals surface area contributed by atoms with Crippen molar-refractivity contribution >= 4 is 70.3 Å². The van der Waals surface area contributed by atoms with Crippen molar-refractivity contribution in [2.24, 2.45) is 11.5 Å². The largest absolute Gasteiger partial charge is 0.507 e. The van der Waals surface area contributed by atoms with Crippen molar-refractivity contribution in [1.82, 2.24) is 0 Å². The second-order valence-corrected chi connectivity index (χ2v) is 16.6. The van der Waals surface area contributed by atoms with Gasteiger partial charge in [0.2, 0.25) is 0 Å². The van der Waals surface area contributed by atoms with Crippen LogP contribution >= 0.6 is 0 Å². The van der Waals surface area contributed by atoms with Crippen LogP contribution in [0, 0.1) is 5.41 Å². The maximum absolute atomic E-state index is 10.6. The molecule has 19 N–H and O–H groups in total. The van der Waals surface area contributed by atoms with Gasteiger partial charge in [0.15, 0.2) is 5.96 Å². The number of aromatic hydroxyl groups is 4. The number of carboxylic acid groups (broad SMARTS) is 4. The van der Waals surface area contributed by atoms with Crippen LogP contribution in [0.1, 0.15) is 55.3 Å². The lowest BCUT2D eigenvalue weighted by Gasteiger charge is -2.01. The van der Waals surface area contributed by atoms with Gasteiger partial charge in [-0.3, -0.25) is 23.6 Å². The highest BCUT2D eigenvalue weighted by atomic mass is 32.2. The first-order valence-electron chi connectivity index (χ1n) is 16.3. The Balaban J connectivity index is -0.000000749. The molecule has 0 atom stereocenters. The summed E-state index contributed by atoms with van der Waals surface area (Å²) in [6.45, 7) is 3.86. The fourth-order valence-corrected chi connectivity index (χ4v) is 5.41. The highest BCUT2D eigenvalue weighted by Crippen LogP contribution is 2.24. The molecule has 0 heterocycles.